The maximum atomic E-state index is 2.40. The van der Waals surface area contributed by atoms with E-state index in [0.29, 0.717) is 0 Å². The molecule has 0 bridgehead atoms. The van der Waals surface area contributed by atoms with Crippen molar-refractivity contribution in [3.8, 4) is 16.8 Å². The summed E-state index contributed by atoms with van der Waals surface area (Å²) in [5.74, 6) is 0. The monoisotopic (exact) mass is 592 g/mol. The highest BCUT2D eigenvalue weighted by molar-refractivity contribution is 7.26. The summed E-state index contributed by atoms with van der Waals surface area (Å²) in [6, 6.07) is 61.3. The Hall–Kier alpha value is -5.64. The Kier molecular flexibility index (Phi) is 6.03. The fraction of sp³-hybridized carbons (Fsp3) is 0. The number of para-hydroxylation sites is 4. The first-order valence-corrected chi connectivity index (χ1v) is 16.1. The summed E-state index contributed by atoms with van der Waals surface area (Å²) in [6.07, 6.45) is 0. The fourth-order valence-corrected chi connectivity index (χ4v) is 7.97. The van der Waals surface area contributed by atoms with Gasteiger partial charge in [0.1, 0.15) is 0 Å². The molecule has 0 aliphatic rings. The van der Waals surface area contributed by atoms with Crippen LogP contribution in [0, 0.1) is 0 Å². The van der Waals surface area contributed by atoms with Crippen LogP contribution in [0.3, 0.4) is 0 Å². The minimum Gasteiger partial charge on any atom is -0.310 e. The quantitative estimate of drug-likeness (QED) is 0.193. The number of hydrogen-bond acceptors (Lipinski definition) is 2. The molecule has 0 radical (unpaired) electrons. The molecule has 0 saturated carbocycles. The third-order valence-electron chi connectivity index (χ3n) is 8.75. The Balaban J connectivity index is 1.36. The van der Waals surface area contributed by atoms with Gasteiger partial charge >= 0.3 is 0 Å². The van der Waals surface area contributed by atoms with Crippen molar-refractivity contribution in [2.24, 2.45) is 0 Å². The average molecular weight is 593 g/mol. The highest BCUT2D eigenvalue weighted by Crippen LogP contribution is 2.46. The van der Waals surface area contributed by atoms with Crippen LogP contribution in [0.5, 0.6) is 0 Å². The first kappa shape index (κ1) is 25.8. The largest absolute Gasteiger partial charge is 0.310 e. The van der Waals surface area contributed by atoms with E-state index in [2.05, 4.69) is 179 Å². The van der Waals surface area contributed by atoms with Crippen LogP contribution in [-0.4, -0.2) is 4.57 Å². The van der Waals surface area contributed by atoms with Crippen molar-refractivity contribution in [1.29, 1.82) is 0 Å². The van der Waals surface area contributed by atoms with Crippen molar-refractivity contribution in [2.75, 3.05) is 4.90 Å². The van der Waals surface area contributed by atoms with Gasteiger partial charge in [-0.3, -0.25) is 0 Å². The summed E-state index contributed by atoms with van der Waals surface area (Å²) < 4.78 is 5.01. The minimum absolute atomic E-state index is 1.13. The molecule has 0 aliphatic heterocycles. The van der Waals surface area contributed by atoms with E-state index in [1.54, 1.807) is 0 Å². The average Bonchev–Trinajstić information content (AvgIpc) is 3.65. The van der Waals surface area contributed by atoms with E-state index in [1.807, 2.05) is 11.3 Å². The minimum atomic E-state index is 1.13. The second kappa shape index (κ2) is 10.5. The second-order valence-electron chi connectivity index (χ2n) is 11.4. The molecule has 0 atom stereocenters. The fourth-order valence-electron chi connectivity index (χ4n) is 6.75. The summed E-state index contributed by atoms with van der Waals surface area (Å²) in [7, 11) is 0. The van der Waals surface area contributed by atoms with Gasteiger partial charge in [-0.15, -0.1) is 11.3 Å². The molecule has 0 spiro atoms. The van der Waals surface area contributed by atoms with Gasteiger partial charge in [-0.1, -0.05) is 103 Å². The standard InChI is InChI=1S/C42H28N2S/c1-4-14-30(15-5-1)43(31-16-6-2-7-17-31)33-27-37(42-38(28-33)36-21-11-13-23-41(36)45-42)29-24-25-35-34-20-10-12-22-39(34)44(40(35)26-29)32-18-8-3-9-19-32/h1-28H. The van der Waals surface area contributed by atoms with Crippen molar-refractivity contribution >= 4 is 70.4 Å². The van der Waals surface area contributed by atoms with Gasteiger partial charge in [-0.2, -0.15) is 0 Å². The first-order valence-electron chi connectivity index (χ1n) is 15.3. The van der Waals surface area contributed by atoms with E-state index < -0.39 is 0 Å². The molecule has 45 heavy (non-hydrogen) atoms. The van der Waals surface area contributed by atoms with Crippen molar-refractivity contribution in [2.45, 2.75) is 0 Å². The summed E-state index contributed by atoms with van der Waals surface area (Å²) in [5.41, 5.74) is 9.46. The molecule has 9 rings (SSSR count). The highest BCUT2D eigenvalue weighted by Gasteiger charge is 2.20. The predicted octanol–water partition coefficient (Wildman–Crippen LogP) is 12.3. The Morgan fingerprint density at radius 2 is 1.02 bits per heavy atom. The molecule has 0 N–H and O–H groups in total. The maximum Gasteiger partial charge on any atom is 0.0547 e. The predicted molar refractivity (Wildman–Crippen MR) is 194 cm³/mol. The lowest BCUT2D eigenvalue weighted by molar-refractivity contribution is 1.18. The van der Waals surface area contributed by atoms with Crippen LogP contribution in [0.25, 0.3) is 58.8 Å². The zero-order valence-corrected chi connectivity index (χ0v) is 25.3. The molecule has 9 aromatic rings. The normalized spacial score (nSPS) is 11.6. The van der Waals surface area contributed by atoms with Crippen molar-refractivity contribution in [1.82, 2.24) is 4.57 Å². The van der Waals surface area contributed by atoms with Gasteiger partial charge in [0.05, 0.1) is 11.0 Å². The summed E-state index contributed by atoms with van der Waals surface area (Å²) in [6.45, 7) is 0. The number of thiophene rings is 1. The Morgan fingerprint density at radius 3 is 1.76 bits per heavy atom. The summed E-state index contributed by atoms with van der Waals surface area (Å²) >= 11 is 1.88. The van der Waals surface area contributed by atoms with Crippen LogP contribution >= 0.6 is 11.3 Å². The molecule has 0 unspecified atom stereocenters. The molecule has 7 aromatic carbocycles. The van der Waals surface area contributed by atoms with Gasteiger partial charge in [0.2, 0.25) is 0 Å². The molecule has 3 heteroatoms. The molecular weight excluding hydrogens is 565 g/mol. The lowest BCUT2D eigenvalue weighted by Crippen LogP contribution is -2.09. The molecule has 0 aliphatic carbocycles. The van der Waals surface area contributed by atoms with E-state index in [9.17, 15) is 0 Å². The molecule has 0 amide bonds. The number of rotatable bonds is 5. The van der Waals surface area contributed by atoms with E-state index >= 15 is 0 Å². The lowest BCUT2D eigenvalue weighted by Gasteiger charge is -2.26. The van der Waals surface area contributed by atoms with Crippen molar-refractivity contribution < 1.29 is 0 Å². The zero-order chi connectivity index (χ0) is 29.7. The smallest absolute Gasteiger partial charge is 0.0547 e. The third-order valence-corrected chi connectivity index (χ3v) is 9.97. The highest BCUT2D eigenvalue weighted by atomic mass is 32.1. The molecule has 0 saturated heterocycles. The Morgan fingerprint density at radius 1 is 0.422 bits per heavy atom. The molecule has 0 fully saturated rings. The molecule has 2 aromatic heterocycles. The molecular formula is C42H28N2S. The van der Waals surface area contributed by atoms with Gasteiger partial charge in [-0.05, 0) is 72.3 Å². The first-order chi connectivity index (χ1) is 22.3. The Labute approximate surface area is 265 Å². The SMILES string of the molecule is c1ccc(N(c2ccccc2)c2cc(-c3ccc4c5ccccc5n(-c5ccccc5)c4c3)c3sc4ccccc4c3c2)cc1. The number of nitrogens with zero attached hydrogens (tertiary/aromatic N) is 2. The zero-order valence-electron chi connectivity index (χ0n) is 24.5. The maximum absolute atomic E-state index is 2.40. The molecule has 2 heterocycles. The van der Waals surface area contributed by atoms with E-state index in [4.69, 9.17) is 0 Å². The number of hydrogen-bond donors (Lipinski definition) is 0. The van der Waals surface area contributed by atoms with Gasteiger partial charge < -0.3 is 9.47 Å². The summed E-state index contributed by atoms with van der Waals surface area (Å²) in [4.78, 5) is 2.37. The van der Waals surface area contributed by atoms with Crippen LogP contribution in [0.15, 0.2) is 170 Å². The summed E-state index contributed by atoms with van der Waals surface area (Å²) in [5, 5.41) is 5.10. The van der Waals surface area contributed by atoms with Crippen LogP contribution < -0.4 is 4.90 Å². The molecule has 212 valence electrons. The number of anilines is 3. The van der Waals surface area contributed by atoms with E-state index in [0.717, 1.165) is 17.1 Å². The Bertz CT molecular complexity index is 2440. The van der Waals surface area contributed by atoms with Crippen LogP contribution in [0.2, 0.25) is 0 Å². The van der Waals surface area contributed by atoms with E-state index in [1.165, 1.54) is 58.8 Å². The number of fused-ring (bicyclic) bond motifs is 6. The van der Waals surface area contributed by atoms with Crippen LogP contribution in [0.4, 0.5) is 17.1 Å². The molecule has 2 nitrogen and oxygen atoms in total. The second-order valence-corrected chi connectivity index (χ2v) is 12.4. The van der Waals surface area contributed by atoms with Gasteiger partial charge in [0.25, 0.3) is 0 Å². The van der Waals surface area contributed by atoms with Gasteiger partial charge in [0.15, 0.2) is 0 Å². The number of benzene rings is 7. The lowest BCUT2D eigenvalue weighted by atomic mass is 9.99. The van der Waals surface area contributed by atoms with Crippen LogP contribution in [-0.2, 0) is 0 Å². The van der Waals surface area contributed by atoms with E-state index in [-0.39, 0.29) is 0 Å². The number of aromatic nitrogens is 1. The van der Waals surface area contributed by atoms with Crippen molar-refractivity contribution in [3.05, 3.63) is 170 Å². The third kappa shape index (κ3) is 4.24. The topological polar surface area (TPSA) is 8.17 Å². The van der Waals surface area contributed by atoms with Gasteiger partial charge in [0, 0.05) is 59.3 Å². The van der Waals surface area contributed by atoms with Crippen LogP contribution in [0.1, 0.15) is 0 Å². The van der Waals surface area contributed by atoms with Crippen molar-refractivity contribution in [3.63, 3.8) is 0 Å². The van der Waals surface area contributed by atoms with Gasteiger partial charge in [-0.25, -0.2) is 0 Å².